The summed E-state index contributed by atoms with van der Waals surface area (Å²) in [7, 11) is 0. The van der Waals surface area contributed by atoms with E-state index in [-0.39, 0.29) is 17.1 Å². The number of hydrogen-bond acceptors (Lipinski definition) is 2. The summed E-state index contributed by atoms with van der Waals surface area (Å²) in [6, 6.07) is 12.4. The van der Waals surface area contributed by atoms with Crippen molar-refractivity contribution in [1.29, 1.82) is 0 Å². The Morgan fingerprint density at radius 3 is 2.43 bits per heavy atom. The SMILES string of the molecule is CC(=O)c1cc(C)ccc1OCC(F)(F)c1ccccc1. The second-order valence-corrected chi connectivity index (χ2v) is 4.91. The lowest BCUT2D eigenvalue weighted by atomic mass is 10.1. The van der Waals surface area contributed by atoms with Gasteiger partial charge in [-0.25, -0.2) is 0 Å². The van der Waals surface area contributed by atoms with E-state index in [2.05, 4.69) is 0 Å². The van der Waals surface area contributed by atoms with E-state index in [1.807, 2.05) is 6.92 Å². The summed E-state index contributed by atoms with van der Waals surface area (Å²) in [6.07, 6.45) is 0. The molecule has 0 spiro atoms. The molecular weight excluding hydrogens is 274 g/mol. The second kappa shape index (κ2) is 6.04. The quantitative estimate of drug-likeness (QED) is 0.764. The zero-order chi connectivity index (χ0) is 15.5. The first kappa shape index (κ1) is 15.2. The van der Waals surface area contributed by atoms with Gasteiger partial charge in [-0.1, -0.05) is 42.0 Å². The van der Waals surface area contributed by atoms with Crippen LogP contribution in [0.3, 0.4) is 0 Å². The maximum atomic E-state index is 14.0. The second-order valence-electron chi connectivity index (χ2n) is 4.91. The van der Waals surface area contributed by atoms with Crippen LogP contribution in [0, 0.1) is 6.92 Å². The van der Waals surface area contributed by atoms with Gasteiger partial charge in [-0.2, -0.15) is 8.78 Å². The van der Waals surface area contributed by atoms with E-state index in [0.717, 1.165) is 5.56 Å². The largest absolute Gasteiger partial charge is 0.486 e. The summed E-state index contributed by atoms with van der Waals surface area (Å²) in [4.78, 5) is 11.5. The van der Waals surface area contributed by atoms with Crippen molar-refractivity contribution >= 4 is 5.78 Å². The number of rotatable bonds is 5. The van der Waals surface area contributed by atoms with Crippen LogP contribution in [-0.2, 0) is 5.92 Å². The molecule has 0 fully saturated rings. The third kappa shape index (κ3) is 3.66. The van der Waals surface area contributed by atoms with Gasteiger partial charge in [0.2, 0.25) is 0 Å². The predicted octanol–water partition coefficient (Wildman–Crippen LogP) is 4.37. The maximum Gasteiger partial charge on any atom is 0.306 e. The van der Waals surface area contributed by atoms with Crippen LogP contribution in [0.4, 0.5) is 8.78 Å². The van der Waals surface area contributed by atoms with Gasteiger partial charge in [0, 0.05) is 5.56 Å². The van der Waals surface area contributed by atoms with Crippen molar-refractivity contribution in [2.45, 2.75) is 19.8 Å². The van der Waals surface area contributed by atoms with Crippen molar-refractivity contribution in [2.24, 2.45) is 0 Å². The summed E-state index contributed by atoms with van der Waals surface area (Å²) in [5, 5.41) is 0. The summed E-state index contributed by atoms with van der Waals surface area (Å²) in [5.74, 6) is -3.14. The molecule has 0 aliphatic heterocycles. The molecule has 0 aromatic heterocycles. The smallest absolute Gasteiger partial charge is 0.306 e. The van der Waals surface area contributed by atoms with E-state index in [4.69, 9.17) is 4.74 Å². The van der Waals surface area contributed by atoms with Crippen molar-refractivity contribution in [2.75, 3.05) is 6.61 Å². The average molecular weight is 290 g/mol. The van der Waals surface area contributed by atoms with Crippen LogP contribution in [-0.4, -0.2) is 12.4 Å². The van der Waals surface area contributed by atoms with Crippen LogP contribution < -0.4 is 4.74 Å². The number of Topliss-reactive ketones (excluding diaryl/α,β-unsaturated/α-hetero) is 1. The zero-order valence-electron chi connectivity index (χ0n) is 11.9. The Labute approximate surface area is 122 Å². The number of ether oxygens (including phenoxy) is 1. The van der Waals surface area contributed by atoms with Crippen molar-refractivity contribution in [3.63, 3.8) is 0 Å². The van der Waals surface area contributed by atoms with Gasteiger partial charge in [0.05, 0.1) is 5.56 Å². The third-order valence-electron chi connectivity index (χ3n) is 3.12. The molecule has 0 saturated heterocycles. The molecule has 21 heavy (non-hydrogen) atoms. The number of benzene rings is 2. The maximum absolute atomic E-state index is 14.0. The summed E-state index contributed by atoms with van der Waals surface area (Å²) >= 11 is 0. The predicted molar refractivity (Wildman–Crippen MR) is 77.0 cm³/mol. The van der Waals surface area contributed by atoms with Crippen LogP contribution >= 0.6 is 0 Å². The molecular formula is C17H16F2O2. The Kier molecular flexibility index (Phi) is 4.36. The first-order chi connectivity index (χ1) is 9.90. The topological polar surface area (TPSA) is 26.3 Å². The fourth-order valence-corrected chi connectivity index (χ4v) is 1.98. The molecule has 0 N–H and O–H groups in total. The van der Waals surface area contributed by atoms with E-state index in [9.17, 15) is 13.6 Å². The standard InChI is InChI=1S/C17H16F2O2/c1-12-8-9-16(15(10-12)13(2)20)21-11-17(18,19)14-6-4-3-5-7-14/h3-10H,11H2,1-2H3. The first-order valence-electron chi connectivity index (χ1n) is 6.58. The molecule has 0 saturated carbocycles. The van der Waals surface area contributed by atoms with E-state index < -0.39 is 12.5 Å². The fraction of sp³-hybridized carbons (Fsp3) is 0.235. The highest BCUT2D eigenvalue weighted by molar-refractivity contribution is 5.97. The zero-order valence-corrected chi connectivity index (χ0v) is 11.9. The van der Waals surface area contributed by atoms with Crippen LogP contribution in [0.1, 0.15) is 28.4 Å². The molecule has 0 radical (unpaired) electrons. The third-order valence-corrected chi connectivity index (χ3v) is 3.12. The van der Waals surface area contributed by atoms with Crippen LogP contribution in [0.15, 0.2) is 48.5 Å². The Balaban J connectivity index is 2.18. The van der Waals surface area contributed by atoms with Crippen LogP contribution in [0.25, 0.3) is 0 Å². The van der Waals surface area contributed by atoms with Crippen molar-refractivity contribution in [3.05, 3.63) is 65.2 Å². The highest BCUT2D eigenvalue weighted by atomic mass is 19.3. The molecule has 2 aromatic carbocycles. The molecule has 0 aliphatic rings. The average Bonchev–Trinajstić information content (AvgIpc) is 2.47. The molecule has 4 heteroatoms. The van der Waals surface area contributed by atoms with Crippen molar-refractivity contribution < 1.29 is 18.3 Å². The van der Waals surface area contributed by atoms with Gasteiger partial charge in [0.25, 0.3) is 0 Å². The van der Waals surface area contributed by atoms with Gasteiger partial charge in [0.15, 0.2) is 12.4 Å². The van der Waals surface area contributed by atoms with Gasteiger partial charge in [-0.05, 0) is 26.0 Å². The highest BCUT2D eigenvalue weighted by Crippen LogP contribution is 2.30. The fourth-order valence-electron chi connectivity index (χ4n) is 1.98. The van der Waals surface area contributed by atoms with E-state index in [1.165, 1.54) is 19.1 Å². The Bertz CT molecular complexity index is 636. The highest BCUT2D eigenvalue weighted by Gasteiger charge is 2.32. The first-order valence-corrected chi connectivity index (χ1v) is 6.58. The Morgan fingerprint density at radius 2 is 1.81 bits per heavy atom. The number of alkyl halides is 2. The van der Waals surface area contributed by atoms with Crippen molar-refractivity contribution in [3.8, 4) is 5.75 Å². The molecule has 0 bridgehead atoms. The number of hydrogen-bond donors (Lipinski definition) is 0. The van der Waals surface area contributed by atoms with Gasteiger partial charge in [-0.3, -0.25) is 4.79 Å². The number of carbonyl (C=O) groups is 1. The van der Waals surface area contributed by atoms with Gasteiger partial charge in [0.1, 0.15) is 5.75 Å². The van der Waals surface area contributed by atoms with Gasteiger partial charge >= 0.3 is 5.92 Å². The van der Waals surface area contributed by atoms with E-state index >= 15 is 0 Å². The molecule has 0 heterocycles. The molecule has 2 aromatic rings. The van der Waals surface area contributed by atoms with E-state index in [1.54, 1.807) is 36.4 Å². The number of aryl methyl sites for hydroxylation is 1. The molecule has 2 rings (SSSR count). The monoisotopic (exact) mass is 290 g/mol. The summed E-state index contributed by atoms with van der Waals surface area (Å²) < 4.78 is 33.3. The minimum absolute atomic E-state index is 0.110. The minimum Gasteiger partial charge on any atom is -0.486 e. The molecule has 0 atom stereocenters. The summed E-state index contributed by atoms with van der Waals surface area (Å²) in [6.45, 7) is 2.41. The number of ketones is 1. The molecule has 0 amide bonds. The summed E-state index contributed by atoms with van der Waals surface area (Å²) in [5.41, 5.74) is 1.09. The Hall–Kier alpha value is -2.23. The molecule has 0 unspecified atom stereocenters. The van der Waals surface area contributed by atoms with Crippen molar-refractivity contribution in [1.82, 2.24) is 0 Å². The normalized spacial score (nSPS) is 11.2. The molecule has 0 aliphatic carbocycles. The molecule has 110 valence electrons. The Morgan fingerprint density at radius 1 is 1.14 bits per heavy atom. The van der Waals surface area contributed by atoms with E-state index in [0.29, 0.717) is 5.56 Å². The van der Waals surface area contributed by atoms with Crippen LogP contribution in [0.2, 0.25) is 0 Å². The molecule has 2 nitrogen and oxygen atoms in total. The van der Waals surface area contributed by atoms with Gasteiger partial charge in [-0.15, -0.1) is 0 Å². The van der Waals surface area contributed by atoms with Gasteiger partial charge < -0.3 is 4.74 Å². The lowest BCUT2D eigenvalue weighted by molar-refractivity contribution is -0.0468. The number of carbonyl (C=O) groups excluding carboxylic acids is 1. The number of halogens is 2. The minimum atomic E-state index is -3.11. The lowest BCUT2D eigenvalue weighted by Crippen LogP contribution is -2.23. The lowest BCUT2D eigenvalue weighted by Gasteiger charge is -2.18. The van der Waals surface area contributed by atoms with Crippen LogP contribution in [0.5, 0.6) is 5.75 Å².